The molecule has 0 radical (unpaired) electrons. The van der Waals surface area contributed by atoms with Crippen LogP contribution in [0.2, 0.25) is 5.02 Å². The Morgan fingerprint density at radius 3 is 3.05 bits per heavy atom. The number of rotatable bonds is 3. The van der Waals surface area contributed by atoms with E-state index in [0.717, 1.165) is 41.2 Å². The number of likely N-dealkylation sites (tertiary alicyclic amines) is 1. The fourth-order valence-electron chi connectivity index (χ4n) is 3.28. The van der Waals surface area contributed by atoms with Gasteiger partial charge in [0.25, 0.3) is 0 Å². The smallest absolute Gasteiger partial charge is 0.307 e. The van der Waals surface area contributed by atoms with Gasteiger partial charge in [0.2, 0.25) is 0 Å². The lowest BCUT2D eigenvalue weighted by atomic mass is 9.93. The SMILES string of the molecule is CC1CCC(C(=O)O)CN1Cc1cc(Cl)cc2c1OCC2. The van der Waals surface area contributed by atoms with E-state index in [2.05, 4.69) is 11.8 Å². The molecular formula is C16H20ClNO3. The predicted molar refractivity (Wildman–Crippen MR) is 80.9 cm³/mol. The van der Waals surface area contributed by atoms with E-state index in [-0.39, 0.29) is 5.92 Å². The van der Waals surface area contributed by atoms with Gasteiger partial charge in [-0.3, -0.25) is 9.69 Å². The third-order valence-corrected chi connectivity index (χ3v) is 4.78. The van der Waals surface area contributed by atoms with Crippen LogP contribution in [0.4, 0.5) is 0 Å². The van der Waals surface area contributed by atoms with Crippen LogP contribution in [-0.4, -0.2) is 35.2 Å². The Hall–Kier alpha value is -1.26. The van der Waals surface area contributed by atoms with Crippen molar-refractivity contribution in [2.45, 2.75) is 38.8 Å². The molecule has 0 aliphatic carbocycles. The molecule has 0 amide bonds. The zero-order valence-electron chi connectivity index (χ0n) is 12.1. The zero-order chi connectivity index (χ0) is 15.0. The van der Waals surface area contributed by atoms with Crippen molar-refractivity contribution in [3.63, 3.8) is 0 Å². The fourth-order valence-corrected chi connectivity index (χ4v) is 3.55. The molecule has 1 saturated heterocycles. The van der Waals surface area contributed by atoms with Crippen molar-refractivity contribution in [1.82, 2.24) is 4.90 Å². The molecule has 2 atom stereocenters. The first-order valence-electron chi connectivity index (χ1n) is 7.45. The van der Waals surface area contributed by atoms with Gasteiger partial charge in [0.15, 0.2) is 0 Å². The number of hydrogen-bond acceptors (Lipinski definition) is 3. The zero-order valence-corrected chi connectivity index (χ0v) is 12.9. The largest absolute Gasteiger partial charge is 0.493 e. The molecule has 4 nitrogen and oxygen atoms in total. The molecule has 2 aliphatic rings. The molecule has 0 aromatic heterocycles. The molecule has 0 saturated carbocycles. The predicted octanol–water partition coefficient (Wildman–Crippen LogP) is 2.96. The van der Waals surface area contributed by atoms with Crippen LogP contribution < -0.4 is 4.74 Å². The second-order valence-corrected chi connectivity index (χ2v) is 6.48. The van der Waals surface area contributed by atoms with Gasteiger partial charge in [0, 0.05) is 36.1 Å². The molecule has 1 fully saturated rings. The number of carboxylic acid groups (broad SMARTS) is 1. The Morgan fingerprint density at radius 1 is 1.48 bits per heavy atom. The van der Waals surface area contributed by atoms with Gasteiger partial charge in [-0.25, -0.2) is 0 Å². The first-order valence-corrected chi connectivity index (χ1v) is 7.83. The standard InChI is InChI=1S/C16H20ClNO3/c1-10-2-3-12(16(19)20)8-18(10)9-13-7-14(17)6-11-4-5-21-15(11)13/h6-7,10,12H,2-5,8-9H2,1H3,(H,19,20). The molecule has 1 N–H and O–H groups in total. The number of ether oxygens (including phenoxy) is 1. The van der Waals surface area contributed by atoms with Gasteiger partial charge in [0.05, 0.1) is 12.5 Å². The van der Waals surface area contributed by atoms with Gasteiger partial charge in [-0.15, -0.1) is 0 Å². The quantitative estimate of drug-likeness (QED) is 0.932. The average Bonchev–Trinajstić information content (AvgIpc) is 2.89. The Labute approximate surface area is 129 Å². The minimum Gasteiger partial charge on any atom is -0.493 e. The van der Waals surface area contributed by atoms with Crippen LogP contribution in [-0.2, 0) is 17.8 Å². The monoisotopic (exact) mass is 309 g/mol. The van der Waals surface area contributed by atoms with E-state index in [0.29, 0.717) is 25.7 Å². The number of carboxylic acids is 1. The molecule has 0 spiro atoms. The van der Waals surface area contributed by atoms with Crippen molar-refractivity contribution >= 4 is 17.6 Å². The second kappa shape index (κ2) is 5.85. The molecule has 2 heterocycles. The van der Waals surface area contributed by atoms with Gasteiger partial charge in [0.1, 0.15) is 5.75 Å². The van der Waals surface area contributed by atoms with Gasteiger partial charge < -0.3 is 9.84 Å². The third kappa shape index (κ3) is 3.01. The molecule has 0 bridgehead atoms. The van der Waals surface area contributed by atoms with E-state index in [4.69, 9.17) is 16.3 Å². The summed E-state index contributed by atoms with van der Waals surface area (Å²) in [4.78, 5) is 13.5. The summed E-state index contributed by atoms with van der Waals surface area (Å²) in [5, 5.41) is 9.97. The Kier molecular flexibility index (Phi) is 4.09. The highest BCUT2D eigenvalue weighted by molar-refractivity contribution is 6.30. The molecule has 2 unspecified atom stereocenters. The number of piperidine rings is 1. The lowest BCUT2D eigenvalue weighted by Gasteiger charge is -2.36. The maximum atomic E-state index is 11.2. The van der Waals surface area contributed by atoms with Crippen LogP contribution in [0, 0.1) is 5.92 Å². The van der Waals surface area contributed by atoms with Crippen LogP contribution in [0.25, 0.3) is 0 Å². The average molecular weight is 310 g/mol. The molecule has 2 aliphatic heterocycles. The molecular weight excluding hydrogens is 290 g/mol. The number of nitrogens with zero attached hydrogens (tertiary/aromatic N) is 1. The first kappa shape index (κ1) is 14.7. The topological polar surface area (TPSA) is 49.8 Å². The summed E-state index contributed by atoms with van der Waals surface area (Å²) in [6.07, 6.45) is 2.58. The molecule has 21 heavy (non-hydrogen) atoms. The van der Waals surface area contributed by atoms with Crippen molar-refractivity contribution < 1.29 is 14.6 Å². The van der Waals surface area contributed by atoms with Crippen molar-refractivity contribution in [2.75, 3.05) is 13.2 Å². The molecule has 114 valence electrons. The summed E-state index contributed by atoms with van der Waals surface area (Å²) in [6.45, 7) is 4.16. The highest BCUT2D eigenvalue weighted by Crippen LogP contribution is 2.35. The normalized spacial score (nSPS) is 25.4. The Morgan fingerprint density at radius 2 is 2.29 bits per heavy atom. The minimum atomic E-state index is -0.695. The minimum absolute atomic E-state index is 0.269. The van der Waals surface area contributed by atoms with E-state index in [1.54, 1.807) is 0 Å². The van der Waals surface area contributed by atoms with Crippen LogP contribution >= 0.6 is 11.6 Å². The van der Waals surface area contributed by atoms with Crippen molar-refractivity contribution in [2.24, 2.45) is 5.92 Å². The van der Waals surface area contributed by atoms with Crippen LogP contribution in [0.5, 0.6) is 5.75 Å². The van der Waals surface area contributed by atoms with Gasteiger partial charge in [-0.1, -0.05) is 11.6 Å². The molecule has 1 aromatic carbocycles. The van der Waals surface area contributed by atoms with Gasteiger partial charge in [-0.05, 0) is 37.5 Å². The van der Waals surface area contributed by atoms with E-state index >= 15 is 0 Å². The highest BCUT2D eigenvalue weighted by Gasteiger charge is 2.30. The summed E-state index contributed by atoms with van der Waals surface area (Å²) < 4.78 is 5.73. The van der Waals surface area contributed by atoms with Crippen molar-refractivity contribution in [3.05, 3.63) is 28.3 Å². The van der Waals surface area contributed by atoms with Crippen molar-refractivity contribution in [3.8, 4) is 5.75 Å². The van der Waals surface area contributed by atoms with E-state index in [9.17, 15) is 9.90 Å². The maximum Gasteiger partial charge on any atom is 0.307 e. The first-order chi connectivity index (χ1) is 10.0. The van der Waals surface area contributed by atoms with E-state index in [1.807, 2.05) is 12.1 Å². The summed E-state index contributed by atoms with van der Waals surface area (Å²) in [6, 6.07) is 4.30. The number of fused-ring (bicyclic) bond motifs is 1. The lowest BCUT2D eigenvalue weighted by molar-refractivity contribution is -0.144. The molecule has 3 rings (SSSR count). The number of carbonyl (C=O) groups is 1. The summed E-state index contributed by atoms with van der Waals surface area (Å²) in [7, 11) is 0. The van der Waals surface area contributed by atoms with E-state index < -0.39 is 5.97 Å². The van der Waals surface area contributed by atoms with Crippen LogP contribution in [0.3, 0.4) is 0 Å². The summed E-state index contributed by atoms with van der Waals surface area (Å²) in [5.74, 6) is -0.0159. The Balaban J connectivity index is 1.81. The number of halogens is 1. The highest BCUT2D eigenvalue weighted by atomic mass is 35.5. The van der Waals surface area contributed by atoms with Crippen LogP contribution in [0.15, 0.2) is 12.1 Å². The van der Waals surface area contributed by atoms with E-state index in [1.165, 1.54) is 0 Å². The lowest BCUT2D eigenvalue weighted by Crippen LogP contribution is -2.43. The fraction of sp³-hybridized carbons (Fsp3) is 0.562. The van der Waals surface area contributed by atoms with Crippen molar-refractivity contribution in [1.29, 1.82) is 0 Å². The Bertz CT molecular complexity index is 561. The number of benzene rings is 1. The molecule has 5 heteroatoms. The maximum absolute atomic E-state index is 11.2. The van der Waals surface area contributed by atoms with Gasteiger partial charge in [-0.2, -0.15) is 0 Å². The number of hydrogen-bond donors (Lipinski definition) is 1. The second-order valence-electron chi connectivity index (χ2n) is 6.04. The number of aliphatic carboxylic acids is 1. The third-order valence-electron chi connectivity index (χ3n) is 4.56. The summed E-state index contributed by atoms with van der Waals surface area (Å²) in [5.41, 5.74) is 2.24. The molecule has 1 aromatic rings. The van der Waals surface area contributed by atoms with Crippen LogP contribution in [0.1, 0.15) is 30.9 Å². The van der Waals surface area contributed by atoms with Gasteiger partial charge >= 0.3 is 5.97 Å². The summed E-state index contributed by atoms with van der Waals surface area (Å²) >= 11 is 6.19.